The Hall–Kier alpha value is -1.88. The molecule has 0 unspecified atom stereocenters. The molecule has 0 saturated carbocycles. The average molecular weight is 232 g/mol. The van der Waals surface area contributed by atoms with Crippen LogP contribution in [0.4, 0.5) is 0 Å². The second-order valence-corrected chi connectivity index (χ2v) is 3.97. The summed E-state index contributed by atoms with van der Waals surface area (Å²) in [5.41, 5.74) is 7.49. The minimum atomic E-state index is 0.274. The zero-order valence-electron chi connectivity index (χ0n) is 9.58. The van der Waals surface area contributed by atoms with Gasteiger partial charge < -0.3 is 10.8 Å². The molecule has 5 heteroatoms. The summed E-state index contributed by atoms with van der Waals surface area (Å²) >= 11 is 0. The van der Waals surface area contributed by atoms with E-state index in [1.165, 1.54) is 0 Å². The first-order valence-electron chi connectivity index (χ1n) is 5.65. The fourth-order valence-electron chi connectivity index (χ4n) is 1.60. The number of rotatable bonds is 5. The van der Waals surface area contributed by atoms with Gasteiger partial charge in [0.1, 0.15) is 5.75 Å². The van der Waals surface area contributed by atoms with E-state index < -0.39 is 0 Å². The van der Waals surface area contributed by atoms with Crippen LogP contribution in [0.1, 0.15) is 17.7 Å². The summed E-state index contributed by atoms with van der Waals surface area (Å²) in [6, 6.07) is 7.08. The molecule has 0 bridgehead atoms. The molecule has 17 heavy (non-hydrogen) atoms. The highest BCUT2D eigenvalue weighted by molar-refractivity contribution is 5.25. The highest BCUT2D eigenvalue weighted by Crippen LogP contribution is 2.10. The van der Waals surface area contributed by atoms with Crippen molar-refractivity contribution in [2.24, 2.45) is 5.73 Å². The molecule has 90 valence electrons. The molecule has 0 aliphatic rings. The maximum atomic E-state index is 9.18. The van der Waals surface area contributed by atoms with E-state index in [1.54, 1.807) is 16.8 Å². The van der Waals surface area contributed by atoms with Gasteiger partial charge in [-0.15, -0.1) is 5.10 Å². The van der Waals surface area contributed by atoms with Crippen LogP contribution in [0.25, 0.3) is 0 Å². The van der Waals surface area contributed by atoms with Crippen LogP contribution in [0.2, 0.25) is 0 Å². The van der Waals surface area contributed by atoms with Gasteiger partial charge in [-0.3, -0.25) is 0 Å². The fraction of sp³-hybridized carbons (Fsp3) is 0.333. The topological polar surface area (TPSA) is 77.0 Å². The number of hydrogen-bond acceptors (Lipinski definition) is 4. The number of aryl methyl sites for hydroxylation is 1. The molecule has 3 N–H and O–H groups in total. The van der Waals surface area contributed by atoms with E-state index in [9.17, 15) is 5.11 Å². The average Bonchev–Trinajstić information content (AvgIpc) is 2.77. The fourth-order valence-corrected chi connectivity index (χ4v) is 1.60. The quantitative estimate of drug-likeness (QED) is 0.803. The van der Waals surface area contributed by atoms with Crippen molar-refractivity contribution in [1.82, 2.24) is 15.0 Å². The molecule has 0 radical (unpaired) electrons. The molecule has 1 heterocycles. The maximum Gasteiger partial charge on any atom is 0.115 e. The molecule has 0 spiro atoms. The van der Waals surface area contributed by atoms with Crippen LogP contribution in [0, 0.1) is 0 Å². The largest absolute Gasteiger partial charge is 0.508 e. The van der Waals surface area contributed by atoms with Gasteiger partial charge in [0, 0.05) is 6.20 Å². The maximum absolute atomic E-state index is 9.18. The van der Waals surface area contributed by atoms with Crippen molar-refractivity contribution in [3.63, 3.8) is 0 Å². The molecule has 0 amide bonds. The molecule has 0 fully saturated rings. The highest BCUT2D eigenvalue weighted by Gasteiger charge is 2.01. The highest BCUT2D eigenvalue weighted by atomic mass is 16.3. The number of nitrogens with two attached hydrogens (primary N) is 1. The lowest BCUT2D eigenvalue weighted by atomic mass is 10.2. The van der Waals surface area contributed by atoms with Gasteiger partial charge in [-0.25, -0.2) is 4.68 Å². The molecular formula is C12H16N4O. The van der Waals surface area contributed by atoms with Gasteiger partial charge in [-0.1, -0.05) is 17.3 Å². The van der Waals surface area contributed by atoms with Crippen molar-refractivity contribution in [2.45, 2.75) is 19.4 Å². The third kappa shape index (κ3) is 3.29. The van der Waals surface area contributed by atoms with E-state index in [4.69, 9.17) is 5.73 Å². The van der Waals surface area contributed by atoms with Crippen LogP contribution >= 0.6 is 0 Å². The Morgan fingerprint density at radius 2 is 2.00 bits per heavy atom. The van der Waals surface area contributed by atoms with Crippen molar-refractivity contribution >= 4 is 0 Å². The first-order valence-corrected chi connectivity index (χ1v) is 5.65. The minimum absolute atomic E-state index is 0.274. The number of nitrogens with zero attached hydrogens (tertiary/aromatic N) is 3. The van der Waals surface area contributed by atoms with E-state index in [0.29, 0.717) is 13.1 Å². The Balaban J connectivity index is 1.98. The molecule has 2 rings (SSSR count). The second kappa shape index (κ2) is 5.45. The molecule has 1 aromatic heterocycles. The van der Waals surface area contributed by atoms with Crippen LogP contribution < -0.4 is 5.73 Å². The van der Waals surface area contributed by atoms with Gasteiger partial charge in [-0.2, -0.15) is 0 Å². The van der Waals surface area contributed by atoms with E-state index in [1.807, 2.05) is 18.3 Å². The summed E-state index contributed by atoms with van der Waals surface area (Å²) in [4.78, 5) is 0. The number of aromatic nitrogens is 3. The summed E-state index contributed by atoms with van der Waals surface area (Å²) in [5, 5.41) is 17.3. The third-order valence-electron chi connectivity index (χ3n) is 2.50. The van der Waals surface area contributed by atoms with E-state index >= 15 is 0 Å². The SMILES string of the molecule is NCCCc1cn(Cc2ccc(O)cc2)nn1. The Morgan fingerprint density at radius 1 is 1.24 bits per heavy atom. The predicted octanol–water partition coefficient (Wildman–Crippen LogP) is 0.923. The Bertz CT molecular complexity index is 464. The van der Waals surface area contributed by atoms with Crippen molar-refractivity contribution in [2.75, 3.05) is 6.54 Å². The molecule has 2 aromatic rings. The number of phenols is 1. The molecule has 0 atom stereocenters. The van der Waals surface area contributed by atoms with Crippen LogP contribution in [-0.2, 0) is 13.0 Å². The number of hydrogen-bond donors (Lipinski definition) is 2. The first-order chi connectivity index (χ1) is 8.28. The van der Waals surface area contributed by atoms with Gasteiger partial charge in [0.15, 0.2) is 0 Å². The van der Waals surface area contributed by atoms with Crippen LogP contribution in [0.15, 0.2) is 30.5 Å². The summed E-state index contributed by atoms with van der Waals surface area (Å²) in [7, 11) is 0. The lowest BCUT2D eigenvalue weighted by Gasteiger charge is -2.00. The lowest BCUT2D eigenvalue weighted by Crippen LogP contribution is -2.00. The second-order valence-electron chi connectivity index (χ2n) is 3.97. The van der Waals surface area contributed by atoms with Crippen LogP contribution in [-0.4, -0.2) is 26.6 Å². The number of phenolic OH excluding ortho intramolecular Hbond substituents is 1. The normalized spacial score (nSPS) is 10.6. The summed E-state index contributed by atoms with van der Waals surface area (Å²) < 4.78 is 1.79. The molecule has 0 aliphatic heterocycles. The van der Waals surface area contributed by atoms with E-state index in [2.05, 4.69) is 10.3 Å². The lowest BCUT2D eigenvalue weighted by molar-refractivity contribution is 0.475. The zero-order valence-corrected chi connectivity index (χ0v) is 9.58. The number of aromatic hydroxyl groups is 1. The number of benzene rings is 1. The van der Waals surface area contributed by atoms with Gasteiger partial charge in [0.05, 0.1) is 12.2 Å². The summed E-state index contributed by atoms with van der Waals surface area (Å²) in [6.45, 7) is 1.33. The van der Waals surface area contributed by atoms with E-state index in [0.717, 1.165) is 24.1 Å². The van der Waals surface area contributed by atoms with Crippen molar-refractivity contribution in [3.05, 3.63) is 41.7 Å². The Morgan fingerprint density at radius 3 is 2.71 bits per heavy atom. The van der Waals surface area contributed by atoms with Crippen molar-refractivity contribution in [3.8, 4) is 5.75 Å². The molecule has 5 nitrogen and oxygen atoms in total. The van der Waals surface area contributed by atoms with Gasteiger partial charge in [0.2, 0.25) is 0 Å². The minimum Gasteiger partial charge on any atom is -0.508 e. The molecule has 0 saturated heterocycles. The van der Waals surface area contributed by atoms with Gasteiger partial charge in [0.25, 0.3) is 0 Å². The van der Waals surface area contributed by atoms with Crippen LogP contribution in [0.3, 0.4) is 0 Å². The van der Waals surface area contributed by atoms with Crippen molar-refractivity contribution < 1.29 is 5.11 Å². The van der Waals surface area contributed by atoms with E-state index in [-0.39, 0.29) is 5.75 Å². The summed E-state index contributed by atoms with van der Waals surface area (Å²) in [5.74, 6) is 0.274. The standard InChI is InChI=1S/C12H16N4O/c13-7-1-2-11-9-16(15-14-11)8-10-3-5-12(17)6-4-10/h3-6,9,17H,1-2,7-8,13H2. The van der Waals surface area contributed by atoms with Gasteiger partial charge in [-0.05, 0) is 37.1 Å². The molecule has 1 aromatic carbocycles. The Labute approximate surface area is 99.9 Å². The van der Waals surface area contributed by atoms with Crippen LogP contribution in [0.5, 0.6) is 5.75 Å². The Kier molecular flexibility index (Phi) is 3.72. The third-order valence-corrected chi connectivity index (χ3v) is 2.50. The van der Waals surface area contributed by atoms with Crippen molar-refractivity contribution in [1.29, 1.82) is 0 Å². The summed E-state index contributed by atoms with van der Waals surface area (Å²) in [6.07, 6.45) is 3.73. The monoisotopic (exact) mass is 232 g/mol. The predicted molar refractivity (Wildman–Crippen MR) is 64.6 cm³/mol. The zero-order chi connectivity index (χ0) is 12.1. The molecule has 0 aliphatic carbocycles. The first kappa shape index (κ1) is 11.6. The smallest absolute Gasteiger partial charge is 0.115 e. The molecular weight excluding hydrogens is 216 g/mol. The van der Waals surface area contributed by atoms with Gasteiger partial charge >= 0.3 is 0 Å².